The summed E-state index contributed by atoms with van der Waals surface area (Å²) in [6.45, 7) is 2.02. The Morgan fingerprint density at radius 2 is 2.13 bits per heavy atom. The highest BCUT2D eigenvalue weighted by molar-refractivity contribution is 6.33. The highest BCUT2D eigenvalue weighted by Gasteiger charge is 2.07. The third-order valence-corrected chi connectivity index (χ3v) is 2.87. The molecule has 1 heterocycles. The first-order valence-corrected chi connectivity index (χ1v) is 5.01. The number of anilines is 1. The molecule has 0 aliphatic heterocycles. The summed E-state index contributed by atoms with van der Waals surface area (Å²) in [5.74, 6) is 0. The maximum Gasteiger partial charge on any atom is 0.0641 e. The van der Waals surface area contributed by atoms with Gasteiger partial charge in [-0.15, -0.1) is 0 Å². The van der Waals surface area contributed by atoms with Crippen molar-refractivity contribution in [3.8, 4) is 11.1 Å². The molecule has 0 aliphatic carbocycles. The standard InChI is InChI=1S/C11H12ClN3/c1-7-9(6-14-15(7)2)8-3-4-11(13)10(12)5-8/h3-6H,13H2,1-2H3. The van der Waals surface area contributed by atoms with Crippen molar-refractivity contribution in [2.75, 3.05) is 5.73 Å². The molecule has 2 rings (SSSR count). The van der Waals surface area contributed by atoms with Crippen LogP contribution in [0.3, 0.4) is 0 Å². The highest BCUT2D eigenvalue weighted by atomic mass is 35.5. The van der Waals surface area contributed by atoms with Crippen molar-refractivity contribution >= 4 is 17.3 Å². The van der Waals surface area contributed by atoms with Crippen molar-refractivity contribution in [3.63, 3.8) is 0 Å². The number of aryl methyl sites for hydroxylation is 1. The van der Waals surface area contributed by atoms with Crippen LogP contribution in [0.1, 0.15) is 5.69 Å². The molecule has 0 atom stereocenters. The number of nitrogens with zero attached hydrogens (tertiary/aromatic N) is 2. The molecule has 0 aliphatic rings. The first kappa shape index (κ1) is 10.1. The average molecular weight is 222 g/mol. The number of hydrogen-bond donors (Lipinski definition) is 1. The lowest BCUT2D eigenvalue weighted by atomic mass is 10.1. The second kappa shape index (κ2) is 3.59. The van der Waals surface area contributed by atoms with Crippen LogP contribution in [0.15, 0.2) is 24.4 Å². The summed E-state index contributed by atoms with van der Waals surface area (Å²) in [4.78, 5) is 0. The molecule has 2 aromatic rings. The van der Waals surface area contributed by atoms with Gasteiger partial charge in [0.15, 0.2) is 0 Å². The van der Waals surface area contributed by atoms with Crippen LogP contribution in [-0.2, 0) is 7.05 Å². The van der Waals surface area contributed by atoms with Crippen molar-refractivity contribution in [3.05, 3.63) is 35.1 Å². The van der Waals surface area contributed by atoms with Crippen molar-refractivity contribution in [1.82, 2.24) is 9.78 Å². The summed E-state index contributed by atoms with van der Waals surface area (Å²) in [5, 5.41) is 4.77. The van der Waals surface area contributed by atoms with Gasteiger partial charge in [0.1, 0.15) is 0 Å². The molecule has 3 nitrogen and oxygen atoms in total. The zero-order valence-corrected chi connectivity index (χ0v) is 9.42. The number of aromatic nitrogens is 2. The molecule has 78 valence electrons. The number of halogens is 1. The summed E-state index contributed by atoms with van der Waals surface area (Å²) < 4.78 is 1.83. The lowest BCUT2D eigenvalue weighted by molar-refractivity contribution is 0.740. The predicted octanol–water partition coefficient (Wildman–Crippen LogP) is 2.63. The van der Waals surface area contributed by atoms with E-state index in [1.807, 2.05) is 43.0 Å². The van der Waals surface area contributed by atoms with Gasteiger partial charge in [-0.25, -0.2) is 0 Å². The summed E-state index contributed by atoms with van der Waals surface area (Å²) >= 11 is 5.97. The zero-order chi connectivity index (χ0) is 11.0. The quantitative estimate of drug-likeness (QED) is 0.753. The van der Waals surface area contributed by atoms with E-state index in [-0.39, 0.29) is 0 Å². The van der Waals surface area contributed by atoms with Crippen LogP contribution < -0.4 is 5.73 Å². The summed E-state index contributed by atoms with van der Waals surface area (Å²) in [6, 6.07) is 5.62. The molecule has 0 unspecified atom stereocenters. The van der Waals surface area contributed by atoms with E-state index in [0.29, 0.717) is 10.7 Å². The van der Waals surface area contributed by atoms with E-state index in [0.717, 1.165) is 16.8 Å². The fraction of sp³-hybridized carbons (Fsp3) is 0.182. The number of rotatable bonds is 1. The van der Waals surface area contributed by atoms with Gasteiger partial charge in [0.2, 0.25) is 0 Å². The Morgan fingerprint density at radius 3 is 2.67 bits per heavy atom. The first-order valence-electron chi connectivity index (χ1n) is 4.63. The number of hydrogen-bond acceptors (Lipinski definition) is 2. The Hall–Kier alpha value is -1.48. The third-order valence-electron chi connectivity index (χ3n) is 2.55. The monoisotopic (exact) mass is 221 g/mol. The van der Waals surface area contributed by atoms with Crippen molar-refractivity contribution in [2.45, 2.75) is 6.92 Å². The zero-order valence-electron chi connectivity index (χ0n) is 8.66. The van der Waals surface area contributed by atoms with Gasteiger partial charge in [-0.1, -0.05) is 17.7 Å². The van der Waals surface area contributed by atoms with Gasteiger partial charge in [0, 0.05) is 18.3 Å². The van der Waals surface area contributed by atoms with Gasteiger partial charge < -0.3 is 5.73 Å². The minimum atomic E-state index is 0.579. The molecule has 1 aromatic heterocycles. The van der Waals surface area contributed by atoms with Gasteiger partial charge in [0.25, 0.3) is 0 Å². The van der Waals surface area contributed by atoms with Gasteiger partial charge >= 0.3 is 0 Å². The lowest BCUT2D eigenvalue weighted by Crippen LogP contribution is -1.92. The molecule has 1 aromatic carbocycles. The lowest BCUT2D eigenvalue weighted by Gasteiger charge is -2.03. The fourth-order valence-electron chi connectivity index (χ4n) is 1.48. The predicted molar refractivity (Wildman–Crippen MR) is 62.8 cm³/mol. The second-order valence-electron chi connectivity index (χ2n) is 3.50. The summed E-state index contributed by atoms with van der Waals surface area (Å²) in [6.07, 6.45) is 1.83. The Labute approximate surface area is 93.5 Å². The molecule has 0 saturated carbocycles. The van der Waals surface area contributed by atoms with E-state index < -0.39 is 0 Å². The third kappa shape index (κ3) is 1.70. The van der Waals surface area contributed by atoms with E-state index in [4.69, 9.17) is 17.3 Å². The Bertz CT molecular complexity index is 503. The molecule has 0 spiro atoms. The Morgan fingerprint density at radius 1 is 1.40 bits per heavy atom. The van der Waals surface area contributed by atoms with Crippen LogP contribution in [0.4, 0.5) is 5.69 Å². The summed E-state index contributed by atoms with van der Waals surface area (Å²) in [7, 11) is 1.91. The fourth-order valence-corrected chi connectivity index (χ4v) is 1.66. The highest BCUT2D eigenvalue weighted by Crippen LogP contribution is 2.28. The number of nitrogen functional groups attached to an aromatic ring is 1. The molecule has 0 bridgehead atoms. The van der Waals surface area contributed by atoms with E-state index >= 15 is 0 Å². The topological polar surface area (TPSA) is 43.8 Å². The normalized spacial score (nSPS) is 10.6. The molecule has 0 amide bonds. The minimum absolute atomic E-state index is 0.579. The molecular formula is C11H12ClN3. The van der Waals surface area contributed by atoms with Crippen LogP contribution >= 0.6 is 11.6 Å². The van der Waals surface area contributed by atoms with Crippen LogP contribution in [0.25, 0.3) is 11.1 Å². The molecule has 2 N–H and O–H groups in total. The van der Waals surface area contributed by atoms with Crippen LogP contribution in [-0.4, -0.2) is 9.78 Å². The number of nitrogens with two attached hydrogens (primary N) is 1. The molecule has 4 heteroatoms. The van der Waals surface area contributed by atoms with E-state index in [1.165, 1.54) is 0 Å². The molecule has 0 saturated heterocycles. The SMILES string of the molecule is Cc1c(-c2ccc(N)c(Cl)c2)cnn1C. The molecule has 15 heavy (non-hydrogen) atoms. The Balaban J connectivity index is 2.55. The molecular weight excluding hydrogens is 210 g/mol. The van der Waals surface area contributed by atoms with Gasteiger partial charge in [-0.05, 0) is 24.6 Å². The summed E-state index contributed by atoms with van der Waals surface area (Å²) in [5.41, 5.74) is 9.49. The van der Waals surface area contributed by atoms with Gasteiger partial charge in [-0.2, -0.15) is 5.10 Å². The second-order valence-corrected chi connectivity index (χ2v) is 3.91. The number of benzene rings is 1. The Kier molecular flexibility index (Phi) is 2.40. The maximum atomic E-state index is 5.97. The van der Waals surface area contributed by atoms with Gasteiger partial charge in [0.05, 0.1) is 16.9 Å². The van der Waals surface area contributed by atoms with Crippen LogP contribution in [0, 0.1) is 6.92 Å². The van der Waals surface area contributed by atoms with Crippen molar-refractivity contribution in [2.24, 2.45) is 7.05 Å². The van der Waals surface area contributed by atoms with E-state index in [1.54, 1.807) is 0 Å². The smallest absolute Gasteiger partial charge is 0.0641 e. The first-order chi connectivity index (χ1) is 7.09. The van der Waals surface area contributed by atoms with Crippen LogP contribution in [0.2, 0.25) is 5.02 Å². The maximum absolute atomic E-state index is 5.97. The molecule has 0 radical (unpaired) electrons. The van der Waals surface area contributed by atoms with Crippen molar-refractivity contribution in [1.29, 1.82) is 0 Å². The van der Waals surface area contributed by atoms with E-state index in [2.05, 4.69) is 5.10 Å². The minimum Gasteiger partial charge on any atom is -0.398 e. The van der Waals surface area contributed by atoms with Gasteiger partial charge in [-0.3, -0.25) is 4.68 Å². The van der Waals surface area contributed by atoms with Crippen LogP contribution in [0.5, 0.6) is 0 Å². The molecule has 0 fully saturated rings. The van der Waals surface area contributed by atoms with E-state index in [9.17, 15) is 0 Å². The average Bonchev–Trinajstić information content (AvgIpc) is 2.53. The largest absolute Gasteiger partial charge is 0.398 e. The van der Waals surface area contributed by atoms with Crippen molar-refractivity contribution < 1.29 is 0 Å².